The molecule has 0 atom stereocenters. The highest BCUT2D eigenvalue weighted by atomic mass is 16.5. The van der Waals surface area contributed by atoms with Crippen LogP contribution in [0.25, 0.3) is 0 Å². The number of ether oxygens (including phenoxy) is 1. The van der Waals surface area contributed by atoms with E-state index in [1.165, 1.54) is 25.7 Å². The van der Waals surface area contributed by atoms with E-state index in [4.69, 9.17) is 4.74 Å². The second kappa shape index (κ2) is 8.42. The molecule has 7 nitrogen and oxygen atoms in total. The molecule has 2 aromatic heterocycles. The normalized spacial score (nSPS) is 15.0. The van der Waals surface area contributed by atoms with Gasteiger partial charge in [0.1, 0.15) is 0 Å². The van der Waals surface area contributed by atoms with Crippen LogP contribution >= 0.6 is 0 Å². The molecule has 7 heteroatoms. The van der Waals surface area contributed by atoms with E-state index in [0.717, 1.165) is 25.2 Å². The number of nitrogens with one attached hydrogen (secondary N) is 1. The lowest BCUT2D eigenvalue weighted by Gasteiger charge is -2.20. The summed E-state index contributed by atoms with van der Waals surface area (Å²) < 4.78 is 5.24. The predicted molar refractivity (Wildman–Crippen MR) is 93.5 cm³/mol. The Hall–Kier alpha value is -2.44. The van der Waals surface area contributed by atoms with E-state index in [2.05, 4.69) is 30.2 Å². The van der Waals surface area contributed by atoms with Gasteiger partial charge in [-0.25, -0.2) is 0 Å². The quantitative estimate of drug-likeness (QED) is 0.872. The Bertz CT molecular complexity index is 628. The molecule has 0 unspecified atom stereocenters. The van der Waals surface area contributed by atoms with E-state index in [1.807, 2.05) is 18.2 Å². The lowest BCUT2D eigenvalue weighted by Crippen LogP contribution is -2.27. The third-order valence-corrected chi connectivity index (χ3v) is 4.06. The number of anilines is 2. The molecule has 1 fully saturated rings. The highest BCUT2D eigenvalue weighted by Gasteiger charge is 2.15. The van der Waals surface area contributed by atoms with Crippen LogP contribution in [0.4, 0.5) is 11.9 Å². The second-order valence-electron chi connectivity index (χ2n) is 5.84. The fourth-order valence-electron chi connectivity index (χ4n) is 2.78. The van der Waals surface area contributed by atoms with Crippen LogP contribution in [0.1, 0.15) is 31.4 Å². The SMILES string of the molecule is COc1nc(NCCc2ccccn2)nc(N2CCCCCC2)n1. The molecule has 3 heterocycles. The van der Waals surface area contributed by atoms with Gasteiger partial charge in [0.05, 0.1) is 7.11 Å². The number of rotatable bonds is 6. The minimum absolute atomic E-state index is 0.351. The molecule has 1 N–H and O–H groups in total. The van der Waals surface area contributed by atoms with Crippen molar-refractivity contribution in [2.24, 2.45) is 0 Å². The average Bonchev–Trinajstić information content (AvgIpc) is 2.92. The predicted octanol–water partition coefficient (Wildman–Crippen LogP) is 2.31. The fraction of sp³-hybridized carbons (Fsp3) is 0.529. The zero-order valence-electron chi connectivity index (χ0n) is 14.1. The summed E-state index contributed by atoms with van der Waals surface area (Å²) in [7, 11) is 1.58. The molecule has 0 aliphatic carbocycles. The zero-order chi connectivity index (χ0) is 16.6. The van der Waals surface area contributed by atoms with Crippen molar-refractivity contribution in [3.63, 3.8) is 0 Å². The minimum atomic E-state index is 0.351. The number of hydrogen-bond donors (Lipinski definition) is 1. The first-order valence-electron chi connectivity index (χ1n) is 8.54. The third-order valence-electron chi connectivity index (χ3n) is 4.06. The molecule has 0 saturated carbocycles. The fourth-order valence-corrected chi connectivity index (χ4v) is 2.78. The van der Waals surface area contributed by atoms with Crippen molar-refractivity contribution in [2.45, 2.75) is 32.1 Å². The standard InChI is InChI=1S/C17H24N6O/c1-24-17-21-15(19-11-9-14-8-4-5-10-18-14)20-16(22-17)23-12-6-2-3-7-13-23/h4-5,8,10H,2-3,6-7,9,11-13H2,1H3,(H,19,20,21,22). The molecule has 1 aliphatic heterocycles. The number of pyridine rings is 1. The number of hydrogen-bond acceptors (Lipinski definition) is 7. The minimum Gasteiger partial charge on any atom is -0.467 e. The van der Waals surface area contributed by atoms with Crippen LogP contribution < -0.4 is 15.0 Å². The lowest BCUT2D eigenvalue weighted by atomic mass is 10.2. The Morgan fingerprint density at radius 2 is 1.92 bits per heavy atom. The molecule has 2 aromatic rings. The largest absolute Gasteiger partial charge is 0.467 e. The van der Waals surface area contributed by atoms with Gasteiger partial charge in [-0.3, -0.25) is 4.98 Å². The van der Waals surface area contributed by atoms with Gasteiger partial charge in [0, 0.05) is 37.9 Å². The highest BCUT2D eigenvalue weighted by Crippen LogP contribution is 2.19. The van der Waals surface area contributed by atoms with Crippen LogP contribution in [0.2, 0.25) is 0 Å². The second-order valence-corrected chi connectivity index (χ2v) is 5.84. The van der Waals surface area contributed by atoms with Gasteiger partial charge in [0.2, 0.25) is 11.9 Å². The van der Waals surface area contributed by atoms with Gasteiger partial charge < -0.3 is 15.0 Å². The summed E-state index contributed by atoms with van der Waals surface area (Å²) in [6, 6.07) is 6.27. The Morgan fingerprint density at radius 3 is 2.62 bits per heavy atom. The summed E-state index contributed by atoms with van der Waals surface area (Å²) in [5, 5.41) is 3.25. The van der Waals surface area contributed by atoms with E-state index >= 15 is 0 Å². The summed E-state index contributed by atoms with van der Waals surface area (Å²) in [5.41, 5.74) is 1.04. The number of methoxy groups -OCH3 is 1. The van der Waals surface area contributed by atoms with Gasteiger partial charge in [-0.1, -0.05) is 18.9 Å². The molecule has 0 radical (unpaired) electrons. The molecular weight excluding hydrogens is 304 g/mol. The van der Waals surface area contributed by atoms with Crippen molar-refractivity contribution in [2.75, 3.05) is 37.0 Å². The van der Waals surface area contributed by atoms with Crippen molar-refractivity contribution < 1.29 is 4.74 Å². The first-order valence-corrected chi connectivity index (χ1v) is 8.54. The molecule has 0 bridgehead atoms. The maximum atomic E-state index is 5.24. The summed E-state index contributed by atoms with van der Waals surface area (Å²) in [4.78, 5) is 19.8. The molecular formula is C17H24N6O. The van der Waals surface area contributed by atoms with Gasteiger partial charge in [0.15, 0.2) is 0 Å². The van der Waals surface area contributed by atoms with Gasteiger partial charge in [-0.05, 0) is 25.0 Å². The van der Waals surface area contributed by atoms with Crippen LogP contribution in [0, 0.1) is 0 Å². The Morgan fingerprint density at radius 1 is 1.08 bits per heavy atom. The van der Waals surface area contributed by atoms with Crippen molar-refractivity contribution >= 4 is 11.9 Å². The maximum Gasteiger partial charge on any atom is 0.322 e. The topological polar surface area (TPSA) is 76.1 Å². The summed E-state index contributed by atoms with van der Waals surface area (Å²) in [5.74, 6) is 1.25. The van der Waals surface area contributed by atoms with Crippen molar-refractivity contribution in [3.8, 4) is 6.01 Å². The Kier molecular flexibility index (Phi) is 5.76. The first-order chi connectivity index (χ1) is 11.8. The molecule has 1 saturated heterocycles. The van der Waals surface area contributed by atoms with E-state index in [-0.39, 0.29) is 0 Å². The summed E-state index contributed by atoms with van der Waals surface area (Å²) in [6.45, 7) is 2.69. The van der Waals surface area contributed by atoms with E-state index < -0.39 is 0 Å². The molecule has 3 rings (SSSR count). The maximum absolute atomic E-state index is 5.24. The summed E-state index contributed by atoms with van der Waals surface area (Å²) in [6.07, 6.45) is 7.52. The van der Waals surface area contributed by atoms with Crippen LogP contribution in [0.3, 0.4) is 0 Å². The monoisotopic (exact) mass is 328 g/mol. The van der Waals surface area contributed by atoms with E-state index in [1.54, 1.807) is 13.3 Å². The van der Waals surface area contributed by atoms with Crippen LogP contribution in [0.5, 0.6) is 6.01 Å². The smallest absolute Gasteiger partial charge is 0.322 e. The third kappa shape index (κ3) is 4.53. The van der Waals surface area contributed by atoms with Crippen LogP contribution in [-0.4, -0.2) is 46.7 Å². The number of nitrogens with zero attached hydrogens (tertiary/aromatic N) is 5. The van der Waals surface area contributed by atoms with Crippen LogP contribution in [-0.2, 0) is 6.42 Å². The van der Waals surface area contributed by atoms with Crippen molar-refractivity contribution in [1.29, 1.82) is 0 Å². The zero-order valence-corrected chi connectivity index (χ0v) is 14.1. The molecule has 0 aromatic carbocycles. The van der Waals surface area contributed by atoms with Gasteiger partial charge >= 0.3 is 6.01 Å². The Balaban J connectivity index is 1.66. The van der Waals surface area contributed by atoms with Gasteiger partial charge in [-0.2, -0.15) is 15.0 Å². The number of aromatic nitrogens is 4. The summed E-state index contributed by atoms with van der Waals surface area (Å²) >= 11 is 0. The van der Waals surface area contributed by atoms with Crippen molar-refractivity contribution in [3.05, 3.63) is 30.1 Å². The molecule has 1 aliphatic rings. The molecule has 0 spiro atoms. The lowest BCUT2D eigenvalue weighted by molar-refractivity contribution is 0.378. The molecule has 24 heavy (non-hydrogen) atoms. The Labute approximate surface area is 142 Å². The van der Waals surface area contributed by atoms with E-state index in [9.17, 15) is 0 Å². The van der Waals surface area contributed by atoms with Gasteiger partial charge in [-0.15, -0.1) is 0 Å². The van der Waals surface area contributed by atoms with E-state index in [0.29, 0.717) is 24.5 Å². The first kappa shape index (κ1) is 16.4. The van der Waals surface area contributed by atoms with Gasteiger partial charge in [0.25, 0.3) is 0 Å². The molecule has 0 amide bonds. The molecule has 128 valence electrons. The highest BCUT2D eigenvalue weighted by molar-refractivity contribution is 5.38. The van der Waals surface area contributed by atoms with Crippen molar-refractivity contribution in [1.82, 2.24) is 19.9 Å². The van der Waals surface area contributed by atoms with Crippen LogP contribution in [0.15, 0.2) is 24.4 Å². The average molecular weight is 328 g/mol.